The van der Waals surface area contributed by atoms with Crippen LogP contribution in [0, 0.1) is 6.92 Å². The Kier molecular flexibility index (Phi) is 2.06. The Labute approximate surface area is 82.6 Å². The SMILES string of the molecule is Cc1nc2n(c1C(=O)O)C(C)CCC2. The third kappa shape index (κ3) is 1.22. The predicted octanol–water partition coefficient (Wildman–Crippen LogP) is 1.79. The van der Waals surface area contributed by atoms with Crippen LogP contribution in [0.1, 0.15) is 47.8 Å². The second-order valence-electron chi connectivity index (χ2n) is 3.88. The van der Waals surface area contributed by atoms with Gasteiger partial charge in [0, 0.05) is 12.5 Å². The number of carbonyl (C=O) groups is 1. The molecule has 0 amide bonds. The minimum absolute atomic E-state index is 0.269. The van der Waals surface area contributed by atoms with Gasteiger partial charge in [0.1, 0.15) is 5.82 Å². The first-order chi connectivity index (χ1) is 6.61. The monoisotopic (exact) mass is 194 g/mol. The van der Waals surface area contributed by atoms with Crippen LogP contribution < -0.4 is 0 Å². The number of hydrogen-bond donors (Lipinski definition) is 1. The van der Waals surface area contributed by atoms with Crippen molar-refractivity contribution in [1.82, 2.24) is 9.55 Å². The fourth-order valence-corrected chi connectivity index (χ4v) is 2.20. The average molecular weight is 194 g/mol. The van der Waals surface area contributed by atoms with Crippen molar-refractivity contribution in [3.63, 3.8) is 0 Å². The summed E-state index contributed by atoms with van der Waals surface area (Å²) in [6, 6.07) is 0.269. The summed E-state index contributed by atoms with van der Waals surface area (Å²) in [5.41, 5.74) is 1.01. The Morgan fingerprint density at radius 2 is 2.36 bits per heavy atom. The lowest BCUT2D eigenvalue weighted by Crippen LogP contribution is -2.19. The van der Waals surface area contributed by atoms with Crippen molar-refractivity contribution in [2.24, 2.45) is 0 Å². The van der Waals surface area contributed by atoms with Crippen molar-refractivity contribution in [2.45, 2.75) is 39.2 Å². The Bertz CT molecular complexity index is 382. The molecule has 1 aliphatic rings. The van der Waals surface area contributed by atoms with Crippen LogP contribution in [0.3, 0.4) is 0 Å². The average Bonchev–Trinajstić information content (AvgIpc) is 2.42. The Balaban J connectivity index is 2.59. The summed E-state index contributed by atoms with van der Waals surface area (Å²) in [6.07, 6.45) is 3.05. The summed E-state index contributed by atoms with van der Waals surface area (Å²) in [6.45, 7) is 3.82. The summed E-state index contributed by atoms with van der Waals surface area (Å²) < 4.78 is 1.88. The van der Waals surface area contributed by atoms with E-state index in [4.69, 9.17) is 5.11 Å². The zero-order valence-corrected chi connectivity index (χ0v) is 8.45. The Morgan fingerprint density at radius 1 is 1.64 bits per heavy atom. The van der Waals surface area contributed by atoms with E-state index in [9.17, 15) is 4.79 Å². The van der Waals surface area contributed by atoms with Gasteiger partial charge in [-0.2, -0.15) is 0 Å². The molecule has 1 atom stereocenters. The first kappa shape index (κ1) is 9.24. The largest absolute Gasteiger partial charge is 0.477 e. The molecule has 1 unspecified atom stereocenters. The molecule has 1 aromatic rings. The third-order valence-corrected chi connectivity index (χ3v) is 2.82. The molecule has 0 spiro atoms. The molecule has 0 bridgehead atoms. The molecule has 4 nitrogen and oxygen atoms in total. The Morgan fingerprint density at radius 3 is 3.00 bits per heavy atom. The van der Waals surface area contributed by atoms with Crippen LogP contribution in [-0.2, 0) is 6.42 Å². The van der Waals surface area contributed by atoms with E-state index in [2.05, 4.69) is 11.9 Å². The fraction of sp³-hybridized carbons (Fsp3) is 0.600. The molecule has 1 aliphatic heterocycles. The van der Waals surface area contributed by atoms with Gasteiger partial charge in [0.15, 0.2) is 5.69 Å². The molecule has 2 heterocycles. The maximum absolute atomic E-state index is 11.0. The van der Waals surface area contributed by atoms with Crippen LogP contribution in [0.15, 0.2) is 0 Å². The van der Waals surface area contributed by atoms with Crippen LogP contribution in [0.5, 0.6) is 0 Å². The van der Waals surface area contributed by atoms with E-state index in [0.29, 0.717) is 11.4 Å². The highest BCUT2D eigenvalue weighted by Gasteiger charge is 2.25. The van der Waals surface area contributed by atoms with Gasteiger partial charge in [0.2, 0.25) is 0 Å². The van der Waals surface area contributed by atoms with Gasteiger partial charge < -0.3 is 9.67 Å². The molecule has 0 saturated heterocycles. The number of nitrogens with zero attached hydrogens (tertiary/aromatic N) is 2. The highest BCUT2D eigenvalue weighted by Crippen LogP contribution is 2.27. The first-order valence-corrected chi connectivity index (χ1v) is 4.92. The summed E-state index contributed by atoms with van der Waals surface area (Å²) in [7, 11) is 0. The number of imidazole rings is 1. The van der Waals surface area contributed by atoms with Gasteiger partial charge >= 0.3 is 5.97 Å². The highest BCUT2D eigenvalue weighted by molar-refractivity contribution is 5.87. The van der Waals surface area contributed by atoms with Crippen LogP contribution in [-0.4, -0.2) is 20.6 Å². The molecular formula is C10H14N2O2. The number of hydrogen-bond acceptors (Lipinski definition) is 2. The van der Waals surface area contributed by atoms with E-state index in [1.165, 1.54) is 0 Å². The van der Waals surface area contributed by atoms with E-state index < -0.39 is 5.97 Å². The number of carboxylic acid groups (broad SMARTS) is 1. The van der Waals surface area contributed by atoms with Crippen molar-refractivity contribution in [2.75, 3.05) is 0 Å². The van der Waals surface area contributed by atoms with Crippen molar-refractivity contribution >= 4 is 5.97 Å². The number of aromatic nitrogens is 2. The molecule has 0 aliphatic carbocycles. The minimum atomic E-state index is -0.866. The molecule has 0 radical (unpaired) electrons. The maximum Gasteiger partial charge on any atom is 0.354 e. The van der Waals surface area contributed by atoms with Crippen LogP contribution in [0.4, 0.5) is 0 Å². The van der Waals surface area contributed by atoms with Gasteiger partial charge in [0.05, 0.1) is 5.69 Å². The molecule has 4 heteroatoms. The summed E-state index contributed by atoms with van der Waals surface area (Å²) in [5, 5.41) is 9.07. The standard InChI is InChI=1S/C10H14N2O2/c1-6-4-3-5-8-11-7(2)9(10(13)14)12(6)8/h6H,3-5H2,1-2H3,(H,13,14). The zero-order chi connectivity index (χ0) is 10.3. The molecule has 1 N–H and O–H groups in total. The van der Waals surface area contributed by atoms with Gasteiger partial charge in [-0.05, 0) is 26.7 Å². The number of carboxylic acids is 1. The van der Waals surface area contributed by atoms with E-state index >= 15 is 0 Å². The predicted molar refractivity (Wildman–Crippen MR) is 51.6 cm³/mol. The first-order valence-electron chi connectivity index (χ1n) is 4.92. The summed E-state index contributed by atoms with van der Waals surface area (Å²) >= 11 is 0. The molecule has 1 aromatic heterocycles. The van der Waals surface area contributed by atoms with Gasteiger partial charge in [-0.25, -0.2) is 9.78 Å². The number of rotatable bonds is 1. The van der Waals surface area contributed by atoms with Gasteiger partial charge in [0.25, 0.3) is 0 Å². The van der Waals surface area contributed by atoms with Crippen molar-refractivity contribution in [3.8, 4) is 0 Å². The van der Waals surface area contributed by atoms with Crippen LogP contribution in [0.25, 0.3) is 0 Å². The number of aromatic carboxylic acids is 1. The molecule has 0 fully saturated rings. The lowest BCUT2D eigenvalue weighted by atomic mass is 10.1. The topological polar surface area (TPSA) is 55.1 Å². The maximum atomic E-state index is 11.0. The third-order valence-electron chi connectivity index (χ3n) is 2.82. The van der Waals surface area contributed by atoms with E-state index in [1.807, 2.05) is 4.57 Å². The molecule has 2 rings (SSSR count). The van der Waals surface area contributed by atoms with E-state index in [-0.39, 0.29) is 6.04 Å². The smallest absolute Gasteiger partial charge is 0.354 e. The van der Waals surface area contributed by atoms with E-state index in [0.717, 1.165) is 25.1 Å². The van der Waals surface area contributed by atoms with Crippen LogP contribution in [0.2, 0.25) is 0 Å². The van der Waals surface area contributed by atoms with Crippen molar-refractivity contribution in [3.05, 3.63) is 17.2 Å². The summed E-state index contributed by atoms with van der Waals surface area (Å²) in [5.74, 6) is 0.0636. The second kappa shape index (κ2) is 3.12. The number of aryl methyl sites for hydroxylation is 2. The molecular weight excluding hydrogens is 180 g/mol. The fourth-order valence-electron chi connectivity index (χ4n) is 2.20. The molecule has 0 aromatic carbocycles. The van der Waals surface area contributed by atoms with Crippen LogP contribution >= 0.6 is 0 Å². The quantitative estimate of drug-likeness (QED) is 0.741. The minimum Gasteiger partial charge on any atom is -0.477 e. The molecule has 0 saturated carbocycles. The van der Waals surface area contributed by atoms with Gasteiger partial charge in [-0.1, -0.05) is 0 Å². The lowest BCUT2D eigenvalue weighted by Gasteiger charge is -2.22. The zero-order valence-electron chi connectivity index (χ0n) is 8.45. The lowest BCUT2D eigenvalue weighted by molar-refractivity contribution is 0.0680. The van der Waals surface area contributed by atoms with Crippen molar-refractivity contribution in [1.29, 1.82) is 0 Å². The Hall–Kier alpha value is -1.32. The van der Waals surface area contributed by atoms with E-state index in [1.54, 1.807) is 6.92 Å². The molecule has 14 heavy (non-hydrogen) atoms. The van der Waals surface area contributed by atoms with Crippen molar-refractivity contribution < 1.29 is 9.90 Å². The highest BCUT2D eigenvalue weighted by atomic mass is 16.4. The molecule has 76 valence electrons. The second-order valence-corrected chi connectivity index (χ2v) is 3.88. The number of fused-ring (bicyclic) bond motifs is 1. The summed E-state index contributed by atoms with van der Waals surface area (Å²) in [4.78, 5) is 15.3. The van der Waals surface area contributed by atoms with Gasteiger partial charge in [-0.3, -0.25) is 0 Å². The van der Waals surface area contributed by atoms with Gasteiger partial charge in [-0.15, -0.1) is 0 Å². The normalized spacial score (nSPS) is 20.6.